The fraction of sp³-hybridized carbons (Fsp3) is 0.333. The van der Waals surface area contributed by atoms with Gasteiger partial charge in [0.2, 0.25) is 0 Å². The Bertz CT molecular complexity index is 745. The number of aromatic amines is 1. The minimum Gasteiger partial charge on any atom is -0.480 e. The summed E-state index contributed by atoms with van der Waals surface area (Å²) in [5.41, 5.74) is 2.85. The van der Waals surface area contributed by atoms with Gasteiger partial charge in [-0.3, -0.25) is 9.59 Å². The lowest BCUT2D eigenvalue weighted by Crippen LogP contribution is -2.10. The summed E-state index contributed by atoms with van der Waals surface area (Å²) in [5, 5.41) is 16.2. The molecule has 0 bridgehead atoms. The molecule has 2 aromatic rings. The average Bonchev–Trinajstić information content (AvgIpc) is 2.71. The normalized spacial score (nSPS) is 11.3. The quantitative estimate of drug-likeness (QED) is 0.844. The fourth-order valence-corrected chi connectivity index (χ4v) is 2.69. The van der Waals surface area contributed by atoms with Crippen LogP contribution in [0.25, 0.3) is 10.2 Å². The SMILES string of the molecule is Cc1c(N(C)C)cc2sc(=O)[nH]c2c1N=NCC(=O)O. The molecule has 1 heterocycles. The Morgan fingerprint density at radius 3 is 2.80 bits per heavy atom. The van der Waals surface area contributed by atoms with E-state index in [4.69, 9.17) is 5.11 Å². The van der Waals surface area contributed by atoms with Crippen LogP contribution in [0.5, 0.6) is 0 Å². The third-order valence-electron chi connectivity index (χ3n) is 2.78. The van der Waals surface area contributed by atoms with Crippen molar-refractivity contribution in [3.63, 3.8) is 0 Å². The number of nitrogens with one attached hydrogen (secondary N) is 1. The number of aromatic nitrogens is 1. The van der Waals surface area contributed by atoms with E-state index in [1.165, 1.54) is 0 Å². The van der Waals surface area contributed by atoms with Gasteiger partial charge in [0.05, 0.1) is 10.2 Å². The second-order valence-electron chi connectivity index (χ2n) is 4.44. The van der Waals surface area contributed by atoms with Gasteiger partial charge in [-0.1, -0.05) is 11.3 Å². The van der Waals surface area contributed by atoms with Gasteiger partial charge in [0.1, 0.15) is 5.69 Å². The Hall–Kier alpha value is -2.22. The Morgan fingerprint density at radius 1 is 1.50 bits per heavy atom. The van der Waals surface area contributed by atoms with Crippen LogP contribution in [0.3, 0.4) is 0 Å². The summed E-state index contributed by atoms with van der Waals surface area (Å²) >= 11 is 1.09. The largest absolute Gasteiger partial charge is 0.480 e. The molecular weight excluding hydrogens is 280 g/mol. The van der Waals surface area contributed by atoms with Crippen molar-refractivity contribution in [2.75, 3.05) is 25.5 Å². The number of carboxylic acids is 1. The number of hydrogen-bond donors (Lipinski definition) is 2. The van der Waals surface area contributed by atoms with Crippen LogP contribution in [0.1, 0.15) is 5.56 Å². The highest BCUT2D eigenvalue weighted by molar-refractivity contribution is 7.16. The monoisotopic (exact) mass is 294 g/mol. The molecule has 0 amide bonds. The van der Waals surface area contributed by atoms with Gasteiger partial charge in [-0.15, -0.1) is 0 Å². The van der Waals surface area contributed by atoms with Crippen LogP contribution >= 0.6 is 11.3 Å². The molecular formula is C12H14N4O3S. The summed E-state index contributed by atoms with van der Waals surface area (Å²) in [7, 11) is 3.78. The van der Waals surface area contributed by atoms with Gasteiger partial charge >= 0.3 is 10.8 Å². The Morgan fingerprint density at radius 2 is 2.20 bits per heavy atom. The van der Waals surface area contributed by atoms with Gasteiger partial charge in [-0.2, -0.15) is 10.2 Å². The molecule has 0 radical (unpaired) electrons. The van der Waals surface area contributed by atoms with Crippen molar-refractivity contribution >= 4 is 38.9 Å². The predicted molar refractivity (Wildman–Crippen MR) is 78.5 cm³/mol. The summed E-state index contributed by atoms with van der Waals surface area (Å²) in [5.74, 6) is -1.05. The predicted octanol–water partition coefficient (Wildman–Crippen LogP) is 2.13. The summed E-state index contributed by atoms with van der Waals surface area (Å²) in [6.45, 7) is 1.46. The van der Waals surface area contributed by atoms with Gasteiger partial charge < -0.3 is 15.0 Å². The maximum absolute atomic E-state index is 11.5. The zero-order chi connectivity index (χ0) is 14.9. The van der Waals surface area contributed by atoms with Gasteiger partial charge in [0.25, 0.3) is 0 Å². The van der Waals surface area contributed by atoms with Gasteiger partial charge in [-0.05, 0) is 13.0 Å². The van der Waals surface area contributed by atoms with Crippen molar-refractivity contribution in [3.05, 3.63) is 21.3 Å². The minimum atomic E-state index is -1.05. The van der Waals surface area contributed by atoms with Crippen LogP contribution in [0, 0.1) is 6.92 Å². The summed E-state index contributed by atoms with van der Waals surface area (Å²) in [6, 6.07) is 1.91. The number of thiazole rings is 1. The van der Waals surface area contributed by atoms with Crippen molar-refractivity contribution < 1.29 is 9.90 Å². The molecule has 0 aliphatic heterocycles. The molecule has 2 N–H and O–H groups in total. The standard InChI is InChI=1S/C12H14N4O3S/c1-6-7(16(2)3)4-8-11(14-12(19)20-8)10(6)15-13-5-9(17)18/h4H,5H2,1-3H3,(H,14,19)(H,17,18). The summed E-state index contributed by atoms with van der Waals surface area (Å²) < 4.78 is 0.772. The molecule has 0 saturated heterocycles. The number of fused-ring (bicyclic) bond motifs is 1. The molecule has 0 aliphatic rings. The highest BCUT2D eigenvalue weighted by Crippen LogP contribution is 2.36. The first-order chi connectivity index (χ1) is 9.40. The van der Waals surface area contributed by atoms with Gasteiger partial charge in [-0.25, -0.2) is 0 Å². The lowest BCUT2D eigenvalue weighted by Gasteiger charge is -2.16. The smallest absolute Gasteiger partial charge is 0.327 e. The molecule has 0 fully saturated rings. The van der Waals surface area contributed by atoms with E-state index in [9.17, 15) is 9.59 Å². The first-order valence-electron chi connectivity index (χ1n) is 5.83. The highest BCUT2D eigenvalue weighted by atomic mass is 32.1. The van der Waals surface area contributed by atoms with E-state index in [2.05, 4.69) is 15.2 Å². The Labute approximate surface area is 118 Å². The molecule has 0 aliphatic carbocycles. The first kappa shape index (κ1) is 14.2. The highest BCUT2D eigenvalue weighted by Gasteiger charge is 2.14. The van der Waals surface area contributed by atoms with Crippen LogP contribution in [0.4, 0.5) is 11.4 Å². The van der Waals surface area contributed by atoms with Crippen molar-refractivity contribution in [2.24, 2.45) is 10.2 Å². The number of nitrogens with zero attached hydrogens (tertiary/aromatic N) is 3. The number of benzene rings is 1. The number of carboxylic acid groups (broad SMARTS) is 1. The number of rotatable bonds is 4. The average molecular weight is 294 g/mol. The number of hydrogen-bond acceptors (Lipinski definition) is 6. The zero-order valence-corrected chi connectivity index (χ0v) is 12.1. The molecule has 1 aromatic carbocycles. The fourth-order valence-electron chi connectivity index (χ4n) is 1.91. The second kappa shape index (κ2) is 5.41. The molecule has 0 atom stereocenters. The molecule has 8 heteroatoms. The van der Waals surface area contributed by atoms with E-state index in [1.807, 2.05) is 32.0 Å². The molecule has 0 saturated carbocycles. The first-order valence-corrected chi connectivity index (χ1v) is 6.65. The van der Waals surface area contributed by atoms with E-state index < -0.39 is 12.5 Å². The van der Waals surface area contributed by atoms with E-state index in [0.29, 0.717) is 11.2 Å². The summed E-state index contributed by atoms with van der Waals surface area (Å²) in [4.78, 5) is 26.4. The number of H-pyrrole nitrogens is 1. The van der Waals surface area contributed by atoms with E-state index in [1.54, 1.807) is 0 Å². The third kappa shape index (κ3) is 2.69. The lowest BCUT2D eigenvalue weighted by molar-refractivity contribution is -0.135. The van der Waals surface area contributed by atoms with Crippen LogP contribution in [-0.4, -0.2) is 36.7 Å². The molecule has 7 nitrogen and oxygen atoms in total. The molecule has 0 unspecified atom stereocenters. The number of aliphatic carboxylic acids is 1. The molecule has 2 rings (SSSR count). The van der Waals surface area contributed by atoms with Gasteiger partial charge in [0, 0.05) is 25.3 Å². The van der Waals surface area contributed by atoms with Gasteiger partial charge in [0.15, 0.2) is 6.54 Å². The topological polar surface area (TPSA) is 98.1 Å². The van der Waals surface area contributed by atoms with Crippen molar-refractivity contribution in [2.45, 2.75) is 6.92 Å². The number of anilines is 1. The van der Waals surface area contributed by atoms with Crippen LogP contribution < -0.4 is 9.77 Å². The van der Waals surface area contributed by atoms with Crippen molar-refractivity contribution in [3.8, 4) is 0 Å². The molecule has 0 spiro atoms. The van der Waals surface area contributed by atoms with Crippen LogP contribution in [0.2, 0.25) is 0 Å². The maximum Gasteiger partial charge on any atom is 0.327 e. The maximum atomic E-state index is 11.5. The summed E-state index contributed by atoms with van der Waals surface area (Å²) in [6.07, 6.45) is 0. The molecule has 1 aromatic heterocycles. The van der Waals surface area contributed by atoms with Crippen molar-refractivity contribution in [1.82, 2.24) is 4.98 Å². The number of azo groups is 1. The van der Waals surface area contributed by atoms with Crippen LogP contribution in [-0.2, 0) is 4.79 Å². The van der Waals surface area contributed by atoms with E-state index in [0.717, 1.165) is 27.3 Å². The lowest BCUT2D eigenvalue weighted by atomic mass is 10.1. The molecule has 20 heavy (non-hydrogen) atoms. The Kier molecular flexibility index (Phi) is 3.84. The number of carbonyl (C=O) groups is 1. The third-order valence-corrected chi connectivity index (χ3v) is 3.61. The second-order valence-corrected chi connectivity index (χ2v) is 5.46. The van der Waals surface area contributed by atoms with E-state index >= 15 is 0 Å². The van der Waals surface area contributed by atoms with Crippen LogP contribution in [0.15, 0.2) is 21.1 Å². The Balaban J connectivity index is 2.65. The molecule has 106 valence electrons. The zero-order valence-electron chi connectivity index (χ0n) is 11.3. The minimum absolute atomic E-state index is 0.176. The van der Waals surface area contributed by atoms with E-state index in [-0.39, 0.29) is 4.87 Å². The van der Waals surface area contributed by atoms with Crippen molar-refractivity contribution in [1.29, 1.82) is 0 Å².